The molecule has 3 N–H and O–H groups in total. The molecule has 0 fully saturated rings. The number of hydrogen-bond donors (Lipinski definition) is 2. The number of allylic oxidation sites excluding steroid dienone is 3. The second-order valence-corrected chi connectivity index (χ2v) is 8.03. The van der Waals surface area contributed by atoms with Crippen LogP contribution in [0.2, 0.25) is 0 Å². The molecule has 0 radical (unpaired) electrons. The molecule has 2 amide bonds. The third-order valence-corrected chi connectivity index (χ3v) is 5.68. The first-order valence-electron chi connectivity index (χ1n) is 9.94. The third kappa shape index (κ3) is 4.71. The largest absolute Gasteiger partial charge is 0.491 e. The molecule has 1 aromatic carbocycles. The fourth-order valence-electron chi connectivity index (χ4n) is 3.49. The number of primary amides is 1. The van der Waals surface area contributed by atoms with E-state index in [0.717, 1.165) is 16.7 Å². The maximum absolute atomic E-state index is 13.6. The van der Waals surface area contributed by atoms with Gasteiger partial charge >= 0.3 is 0 Å². The van der Waals surface area contributed by atoms with Gasteiger partial charge < -0.3 is 25.1 Å². The Morgan fingerprint density at radius 1 is 1.42 bits per heavy atom. The number of rotatable bonds is 7. The van der Waals surface area contributed by atoms with Gasteiger partial charge in [-0.1, -0.05) is 6.08 Å². The first kappa shape index (κ1) is 22.8. The Labute approximate surface area is 192 Å². The van der Waals surface area contributed by atoms with Crippen molar-refractivity contribution in [3.05, 3.63) is 47.7 Å². The van der Waals surface area contributed by atoms with E-state index in [-0.39, 0.29) is 12.4 Å². The predicted molar refractivity (Wildman–Crippen MR) is 120 cm³/mol. The number of methoxy groups -OCH3 is 1. The van der Waals surface area contributed by atoms with E-state index in [1.54, 1.807) is 29.0 Å². The summed E-state index contributed by atoms with van der Waals surface area (Å²) >= 11 is 0.803. The summed E-state index contributed by atoms with van der Waals surface area (Å²) in [5.74, 6) is 0.488. The number of alkyl halides is 2. The summed E-state index contributed by atoms with van der Waals surface area (Å²) in [6.45, 7) is 0.782. The molecule has 1 aromatic heterocycles. The number of carbonyl (C=O) groups excluding carboxylic acids is 2. The molecule has 9 nitrogen and oxygen atoms in total. The number of hydrogen-bond acceptors (Lipinski definition) is 7. The van der Waals surface area contributed by atoms with Crippen molar-refractivity contribution in [1.29, 1.82) is 0 Å². The van der Waals surface area contributed by atoms with Crippen LogP contribution in [-0.4, -0.2) is 53.5 Å². The van der Waals surface area contributed by atoms with Crippen LogP contribution >= 0.6 is 11.8 Å². The van der Waals surface area contributed by atoms with E-state index in [1.165, 1.54) is 24.7 Å². The van der Waals surface area contributed by atoms with Crippen LogP contribution in [0.1, 0.15) is 0 Å². The van der Waals surface area contributed by atoms with E-state index in [9.17, 15) is 18.4 Å². The van der Waals surface area contributed by atoms with Crippen molar-refractivity contribution in [2.24, 2.45) is 5.73 Å². The first-order valence-corrected chi connectivity index (χ1v) is 10.8. The zero-order valence-electron chi connectivity index (χ0n) is 17.5. The molecule has 2 aliphatic rings. The minimum Gasteiger partial charge on any atom is -0.491 e. The average Bonchev–Trinajstić information content (AvgIpc) is 2.97. The second kappa shape index (κ2) is 9.63. The van der Waals surface area contributed by atoms with Crippen LogP contribution in [0.25, 0.3) is 11.4 Å². The van der Waals surface area contributed by atoms with Gasteiger partial charge in [0.05, 0.1) is 24.4 Å². The third-order valence-electron chi connectivity index (χ3n) is 5.00. The lowest BCUT2D eigenvalue weighted by atomic mass is 10.1. The Morgan fingerprint density at radius 3 is 2.97 bits per heavy atom. The van der Waals surface area contributed by atoms with E-state index < -0.39 is 29.3 Å². The van der Waals surface area contributed by atoms with Crippen molar-refractivity contribution in [1.82, 2.24) is 9.55 Å². The van der Waals surface area contributed by atoms with E-state index in [0.29, 0.717) is 36.0 Å². The van der Waals surface area contributed by atoms with Crippen molar-refractivity contribution in [2.75, 3.05) is 30.5 Å². The Bertz CT molecular complexity index is 1130. The number of aromatic nitrogens is 2. The fourth-order valence-corrected chi connectivity index (χ4v) is 4.07. The Kier molecular flexibility index (Phi) is 6.65. The lowest BCUT2D eigenvalue weighted by molar-refractivity contribution is -0.119. The van der Waals surface area contributed by atoms with E-state index in [4.69, 9.17) is 15.2 Å². The summed E-state index contributed by atoms with van der Waals surface area (Å²) in [6, 6.07) is 4.43. The Hall–Kier alpha value is -3.38. The number of carbonyl (C=O) groups is 2. The van der Waals surface area contributed by atoms with Crippen molar-refractivity contribution in [3.8, 4) is 17.1 Å². The number of nitrogens with two attached hydrogens (primary N) is 1. The summed E-state index contributed by atoms with van der Waals surface area (Å²) in [7, 11) is 1.47. The average molecular weight is 477 g/mol. The number of amides is 2. The Balaban J connectivity index is 1.69. The SMILES string of the molecule is COC[C@H](Nc1ccc2c(c1)OCCn1cc(N3C(=O)SC=CC=C3C(F)F)nc1-2)C(N)=O. The molecule has 0 unspecified atom stereocenters. The molecule has 0 aliphatic carbocycles. The van der Waals surface area contributed by atoms with Gasteiger partial charge in [0.25, 0.3) is 11.7 Å². The van der Waals surface area contributed by atoms with Gasteiger partial charge in [-0.05, 0) is 35.4 Å². The number of fused-ring (bicyclic) bond motifs is 3. The number of nitrogens with zero attached hydrogens (tertiary/aromatic N) is 3. The van der Waals surface area contributed by atoms with E-state index >= 15 is 0 Å². The molecule has 2 aliphatic heterocycles. The minimum atomic E-state index is -2.85. The van der Waals surface area contributed by atoms with Crippen molar-refractivity contribution in [3.63, 3.8) is 0 Å². The van der Waals surface area contributed by atoms with Gasteiger partial charge in [-0.3, -0.25) is 14.5 Å². The first-order chi connectivity index (χ1) is 15.9. The molecule has 3 heterocycles. The van der Waals surface area contributed by atoms with Crippen LogP contribution in [-0.2, 0) is 16.1 Å². The molecule has 0 bridgehead atoms. The smallest absolute Gasteiger partial charge is 0.296 e. The molecule has 174 valence electrons. The van der Waals surface area contributed by atoms with Gasteiger partial charge in [-0.15, -0.1) is 0 Å². The summed E-state index contributed by atoms with van der Waals surface area (Å²) in [5, 5.41) is 3.88. The second-order valence-electron chi connectivity index (χ2n) is 7.17. The Morgan fingerprint density at radius 2 is 2.24 bits per heavy atom. The molecule has 4 rings (SSSR count). The highest BCUT2D eigenvalue weighted by molar-refractivity contribution is 8.16. The van der Waals surface area contributed by atoms with Gasteiger partial charge in [0.15, 0.2) is 5.82 Å². The number of anilines is 2. The molecule has 0 saturated carbocycles. The molecule has 1 atom stereocenters. The number of ether oxygens (including phenoxy) is 2. The number of halogens is 2. The number of benzene rings is 1. The number of nitrogens with one attached hydrogen (secondary N) is 1. The quantitative estimate of drug-likeness (QED) is 0.630. The van der Waals surface area contributed by atoms with Crippen LogP contribution in [0.15, 0.2) is 47.7 Å². The molecule has 33 heavy (non-hydrogen) atoms. The highest BCUT2D eigenvalue weighted by atomic mass is 32.2. The standard InChI is InChI=1S/C21H21F2N5O4S/c1-31-11-14(19(24)29)25-12-4-5-13-16(9-12)32-7-6-27-10-17(26-20(13)27)28-15(18(22)23)3-2-8-33-21(28)30/h2-5,8-10,14,18,25H,6-7,11H2,1H3,(H2,24,29)/t14-/m0/s1. The minimum absolute atomic E-state index is 0.0950. The molecular weight excluding hydrogens is 456 g/mol. The summed E-state index contributed by atoms with van der Waals surface area (Å²) in [5.41, 5.74) is 6.16. The van der Waals surface area contributed by atoms with Gasteiger partial charge in [0.2, 0.25) is 5.91 Å². The molecule has 0 saturated heterocycles. The summed E-state index contributed by atoms with van der Waals surface area (Å²) < 4.78 is 39.9. The number of thioether (sulfide) groups is 1. The maximum Gasteiger partial charge on any atom is 0.296 e. The highest BCUT2D eigenvalue weighted by Gasteiger charge is 2.31. The van der Waals surface area contributed by atoms with Gasteiger partial charge in [-0.2, -0.15) is 0 Å². The van der Waals surface area contributed by atoms with Crippen LogP contribution in [0, 0.1) is 0 Å². The normalized spacial score (nSPS) is 16.3. The van der Waals surface area contributed by atoms with E-state index in [1.807, 2.05) is 0 Å². The van der Waals surface area contributed by atoms with Crippen LogP contribution in [0.4, 0.5) is 25.1 Å². The zero-order valence-corrected chi connectivity index (χ0v) is 18.4. The summed E-state index contributed by atoms with van der Waals surface area (Å²) in [4.78, 5) is 29.6. The highest BCUT2D eigenvalue weighted by Crippen LogP contribution is 2.37. The van der Waals surface area contributed by atoms with Crippen molar-refractivity contribution >= 4 is 34.4 Å². The lowest BCUT2D eigenvalue weighted by Crippen LogP contribution is -2.38. The van der Waals surface area contributed by atoms with Crippen LogP contribution < -0.4 is 20.7 Å². The van der Waals surface area contributed by atoms with Crippen molar-refractivity contribution < 1.29 is 27.8 Å². The topological polar surface area (TPSA) is 112 Å². The lowest BCUT2D eigenvalue weighted by Gasteiger charge is -2.20. The van der Waals surface area contributed by atoms with Gasteiger partial charge in [-0.25, -0.2) is 13.8 Å². The van der Waals surface area contributed by atoms with E-state index in [2.05, 4.69) is 10.3 Å². The molecule has 0 spiro atoms. The number of imidazole rings is 1. The van der Waals surface area contributed by atoms with Crippen LogP contribution in [0.3, 0.4) is 0 Å². The molecular formula is C21H21F2N5O4S. The van der Waals surface area contributed by atoms with Crippen LogP contribution in [0.5, 0.6) is 5.75 Å². The predicted octanol–water partition coefficient (Wildman–Crippen LogP) is 3.19. The van der Waals surface area contributed by atoms with Gasteiger partial charge in [0, 0.05) is 25.1 Å². The fraction of sp³-hybridized carbons (Fsp3) is 0.286. The molecule has 12 heteroatoms. The monoisotopic (exact) mass is 477 g/mol. The molecule has 2 aromatic rings. The maximum atomic E-state index is 13.6. The van der Waals surface area contributed by atoms with Crippen molar-refractivity contribution in [2.45, 2.75) is 19.0 Å². The van der Waals surface area contributed by atoms with Gasteiger partial charge in [0.1, 0.15) is 24.2 Å². The zero-order chi connectivity index (χ0) is 23.5. The summed E-state index contributed by atoms with van der Waals surface area (Å²) in [6.07, 6.45) is 1.32.